The van der Waals surface area contributed by atoms with Crippen molar-refractivity contribution in [2.24, 2.45) is 18.0 Å². The van der Waals surface area contributed by atoms with E-state index in [1.165, 1.54) is 29.5 Å². The molecule has 1 aromatic heterocycles. The standard InChI is InChI=1S/C17H22N2OS/c1-3-12-9-10-14-15(11-12)21-17(19(14)2)18-16(20)13-7-5-4-6-8-13/h9-11,13H,3-8H2,1-2H3. The summed E-state index contributed by atoms with van der Waals surface area (Å²) in [6.45, 7) is 2.16. The lowest BCUT2D eigenvalue weighted by Crippen LogP contribution is -2.20. The molecule has 1 heterocycles. The third kappa shape index (κ3) is 2.95. The molecular formula is C17H22N2OS. The van der Waals surface area contributed by atoms with Gasteiger partial charge in [0.25, 0.3) is 5.91 Å². The molecule has 1 aliphatic carbocycles. The first-order valence-corrected chi connectivity index (χ1v) is 8.67. The summed E-state index contributed by atoms with van der Waals surface area (Å²) in [6, 6.07) is 6.50. The van der Waals surface area contributed by atoms with Crippen LogP contribution in [-0.4, -0.2) is 10.5 Å². The van der Waals surface area contributed by atoms with Crippen LogP contribution in [0.3, 0.4) is 0 Å². The van der Waals surface area contributed by atoms with E-state index in [1.807, 2.05) is 11.6 Å². The number of carbonyl (C=O) groups excluding carboxylic acids is 1. The number of aromatic nitrogens is 1. The van der Waals surface area contributed by atoms with Crippen LogP contribution in [0.25, 0.3) is 10.2 Å². The molecule has 1 aliphatic rings. The Bertz CT molecular complexity index is 720. The van der Waals surface area contributed by atoms with Crippen molar-refractivity contribution in [3.8, 4) is 0 Å². The molecule has 0 radical (unpaired) electrons. The number of nitrogens with zero attached hydrogens (tertiary/aromatic N) is 2. The summed E-state index contributed by atoms with van der Waals surface area (Å²) in [5.41, 5.74) is 2.49. The first-order valence-electron chi connectivity index (χ1n) is 7.86. The van der Waals surface area contributed by atoms with Gasteiger partial charge in [0.05, 0.1) is 10.2 Å². The Morgan fingerprint density at radius 1 is 1.33 bits per heavy atom. The maximum Gasteiger partial charge on any atom is 0.251 e. The maximum absolute atomic E-state index is 12.3. The maximum atomic E-state index is 12.3. The van der Waals surface area contributed by atoms with Crippen LogP contribution in [0, 0.1) is 5.92 Å². The van der Waals surface area contributed by atoms with Gasteiger partial charge in [0, 0.05) is 13.0 Å². The van der Waals surface area contributed by atoms with E-state index in [-0.39, 0.29) is 11.8 Å². The number of carbonyl (C=O) groups is 1. The number of hydrogen-bond donors (Lipinski definition) is 0. The molecule has 21 heavy (non-hydrogen) atoms. The van der Waals surface area contributed by atoms with E-state index in [0.29, 0.717) is 0 Å². The Hall–Kier alpha value is -1.42. The van der Waals surface area contributed by atoms with Gasteiger partial charge in [-0.15, -0.1) is 0 Å². The monoisotopic (exact) mass is 302 g/mol. The van der Waals surface area contributed by atoms with E-state index in [2.05, 4.69) is 30.1 Å². The summed E-state index contributed by atoms with van der Waals surface area (Å²) in [5, 5.41) is 0. The van der Waals surface area contributed by atoms with Crippen molar-refractivity contribution in [3.05, 3.63) is 28.6 Å². The van der Waals surface area contributed by atoms with Gasteiger partial charge in [-0.3, -0.25) is 4.79 Å². The molecule has 4 heteroatoms. The molecule has 3 nitrogen and oxygen atoms in total. The lowest BCUT2D eigenvalue weighted by molar-refractivity contribution is -0.122. The number of thiazole rings is 1. The molecule has 0 saturated heterocycles. The van der Waals surface area contributed by atoms with E-state index in [9.17, 15) is 4.79 Å². The average molecular weight is 302 g/mol. The smallest absolute Gasteiger partial charge is 0.251 e. The van der Waals surface area contributed by atoms with Gasteiger partial charge in [0.2, 0.25) is 0 Å². The summed E-state index contributed by atoms with van der Waals surface area (Å²) >= 11 is 1.62. The SMILES string of the molecule is CCc1ccc2c(c1)sc(=NC(=O)C1CCCCC1)n2C. The van der Waals surface area contributed by atoms with Gasteiger partial charge in [0.1, 0.15) is 0 Å². The molecule has 1 fully saturated rings. The fourth-order valence-corrected chi connectivity index (χ4v) is 4.13. The number of rotatable bonds is 2. The highest BCUT2D eigenvalue weighted by molar-refractivity contribution is 7.16. The van der Waals surface area contributed by atoms with Gasteiger partial charge in [-0.25, -0.2) is 0 Å². The van der Waals surface area contributed by atoms with E-state index >= 15 is 0 Å². The van der Waals surface area contributed by atoms with Crippen LogP contribution in [-0.2, 0) is 18.3 Å². The lowest BCUT2D eigenvalue weighted by atomic mass is 9.89. The predicted octanol–water partition coefficient (Wildman–Crippen LogP) is 3.81. The Kier molecular flexibility index (Phi) is 4.24. The number of benzene rings is 1. The van der Waals surface area contributed by atoms with Gasteiger partial charge in [0.15, 0.2) is 4.80 Å². The zero-order chi connectivity index (χ0) is 14.8. The second-order valence-electron chi connectivity index (χ2n) is 5.88. The topological polar surface area (TPSA) is 34.4 Å². The fraction of sp³-hybridized carbons (Fsp3) is 0.529. The average Bonchev–Trinajstić information content (AvgIpc) is 2.83. The number of fused-ring (bicyclic) bond motifs is 1. The summed E-state index contributed by atoms with van der Waals surface area (Å²) in [6.07, 6.45) is 6.66. The van der Waals surface area contributed by atoms with Crippen molar-refractivity contribution in [2.75, 3.05) is 0 Å². The highest BCUT2D eigenvalue weighted by atomic mass is 32.1. The molecule has 0 atom stereocenters. The minimum atomic E-state index is 0.0765. The Morgan fingerprint density at radius 3 is 2.81 bits per heavy atom. The largest absolute Gasteiger partial charge is 0.319 e. The van der Waals surface area contributed by atoms with Crippen LogP contribution in [0.1, 0.15) is 44.6 Å². The molecule has 0 bridgehead atoms. The molecular weight excluding hydrogens is 280 g/mol. The number of amides is 1. The molecule has 0 N–H and O–H groups in total. The first-order chi connectivity index (χ1) is 10.2. The van der Waals surface area contributed by atoms with Gasteiger partial charge >= 0.3 is 0 Å². The van der Waals surface area contributed by atoms with Crippen LogP contribution < -0.4 is 4.80 Å². The molecule has 2 aromatic rings. The normalized spacial score (nSPS) is 17.5. The zero-order valence-corrected chi connectivity index (χ0v) is 13.6. The quantitative estimate of drug-likeness (QED) is 0.830. The van der Waals surface area contributed by atoms with Crippen LogP contribution in [0.15, 0.2) is 23.2 Å². The second kappa shape index (κ2) is 6.14. The third-order valence-corrected chi connectivity index (χ3v) is 5.54. The van der Waals surface area contributed by atoms with Gasteiger partial charge in [-0.2, -0.15) is 4.99 Å². The molecule has 1 saturated carbocycles. The van der Waals surface area contributed by atoms with Gasteiger partial charge < -0.3 is 4.57 Å². The van der Waals surface area contributed by atoms with Crippen molar-refractivity contribution in [1.82, 2.24) is 4.57 Å². The minimum Gasteiger partial charge on any atom is -0.319 e. The lowest BCUT2D eigenvalue weighted by Gasteiger charge is -2.17. The van der Waals surface area contributed by atoms with Crippen LogP contribution >= 0.6 is 11.3 Å². The van der Waals surface area contributed by atoms with E-state index in [0.717, 1.165) is 29.6 Å². The Labute approximate surface area is 129 Å². The summed E-state index contributed by atoms with van der Waals surface area (Å²) < 4.78 is 3.26. The minimum absolute atomic E-state index is 0.0765. The molecule has 3 rings (SSSR count). The van der Waals surface area contributed by atoms with Crippen LogP contribution in [0.4, 0.5) is 0 Å². The highest BCUT2D eigenvalue weighted by Gasteiger charge is 2.20. The molecule has 0 spiro atoms. The molecule has 1 aromatic carbocycles. The van der Waals surface area contributed by atoms with Gasteiger partial charge in [-0.1, -0.05) is 43.6 Å². The van der Waals surface area contributed by atoms with E-state index < -0.39 is 0 Å². The van der Waals surface area contributed by atoms with Crippen molar-refractivity contribution < 1.29 is 4.79 Å². The molecule has 0 aliphatic heterocycles. The molecule has 1 amide bonds. The molecule has 112 valence electrons. The second-order valence-corrected chi connectivity index (χ2v) is 6.89. The first kappa shape index (κ1) is 14.5. The molecule has 0 unspecified atom stereocenters. The Balaban J connectivity index is 1.97. The number of aryl methyl sites for hydroxylation is 2. The van der Waals surface area contributed by atoms with Crippen LogP contribution in [0.5, 0.6) is 0 Å². The van der Waals surface area contributed by atoms with Crippen molar-refractivity contribution in [3.63, 3.8) is 0 Å². The summed E-state index contributed by atoms with van der Waals surface area (Å²) in [4.78, 5) is 17.6. The van der Waals surface area contributed by atoms with E-state index in [4.69, 9.17) is 0 Å². The van der Waals surface area contributed by atoms with Crippen LogP contribution in [0.2, 0.25) is 0 Å². The summed E-state index contributed by atoms with van der Waals surface area (Å²) in [7, 11) is 2.00. The Morgan fingerprint density at radius 2 is 2.10 bits per heavy atom. The van der Waals surface area contributed by atoms with Crippen molar-refractivity contribution in [1.29, 1.82) is 0 Å². The highest BCUT2D eigenvalue weighted by Crippen LogP contribution is 2.25. The van der Waals surface area contributed by atoms with Crippen molar-refractivity contribution in [2.45, 2.75) is 45.4 Å². The summed E-state index contributed by atoms with van der Waals surface area (Å²) in [5.74, 6) is 0.225. The van der Waals surface area contributed by atoms with E-state index in [1.54, 1.807) is 11.3 Å². The van der Waals surface area contributed by atoms with Crippen molar-refractivity contribution >= 4 is 27.5 Å². The zero-order valence-electron chi connectivity index (χ0n) is 12.8. The number of hydrogen-bond acceptors (Lipinski definition) is 2. The third-order valence-electron chi connectivity index (χ3n) is 4.44. The fourth-order valence-electron chi connectivity index (χ4n) is 3.04. The predicted molar refractivity (Wildman–Crippen MR) is 87.3 cm³/mol. The van der Waals surface area contributed by atoms with Gasteiger partial charge in [-0.05, 0) is 37.0 Å².